The van der Waals surface area contributed by atoms with Crippen LogP contribution >= 0.6 is 0 Å². The van der Waals surface area contributed by atoms with Crippen molar-refractivity contribution in [3.05, 3.63) is 54.1 Å². The van der Waals surface area contributed by atoms with E-state index in [4.69, 9.17) is 0 Å². The highest BCUT2D eigenvalue weighted by molar-refractivity contribution is 5.91. The van der Waals surface area contributed by atoms with Gasteiger partial charge in [-0.25, -0.2) is 4.98 Å². The Morgan fingerprint density at radius 2 is 1.81 bits per heavy atom. The standard InChI is InChI=1S/C20H27N5O/c1-17-15-23-19(16-22-17)20(26)21-9-5-6-10-24-11-13-25(14-12-24)18-7-3-2-4-8-18/h2-4,7-8,15-16H,5-6,9-14H2,1H3,(H,21,26). The molecule has 0 atom stereocenters. The number of carbonyl (C=O) groups excluding carboxylic acids is 1. The van der Waals surface area contributed by atoms with Gasteiger partial charge in [-0.3, -0.25) is 14.7 Å². The Hall–Kier alpha value is -2.47. The third-order valence-electron chi connectivity index (χ3n) is 4.69. The summed E-state index contributed by atoms with van der Waals surface area (Å²) in [4.78, 5) is 25.1. The van der Waals surface area contributed by atoms with Crippen molar-refractivity contribution in [1.29, 1.82) is 0 Å². The molecule has 138 valence electrons. The van der Waals surface area contributed by atoms with Gasteiger partial charge in [-0.05, 0) is 38.4 Å². The summed E-state index contributed by atoms with van der Waals surface area (Å²) in [6.45, 7) is 7.97. The van der Waals surface area contributed by atoms with E-state index < -0.39 is 0 Å². The van der Waals surface area contributed by atoms with Crippen LogP contribution in [-0.4, -0.2) is 60.0 Å². The number of piperazine rings is 1. The van der Waals surface area contributed by atoms with Crippen LogP contribution in [0.4, 0.5) is 5.69 Å². The lowest BCUT2D eigenvalue weighted by atomic mass is 10.2. The molecule has 1 amide bonds. The highest BCUT2D eigenvalue weighted by atomic mass is 16.1. The zero-order valence-electron chi connectivity index (χ0n) is 15.4. The van der Waals surface area contributed by atoms with Crippen LogP contribution in [0, 0.1) is 6.92 Å². The van der Waals surface area contributed by atoms with Gasteiger partial charge >= 0.3 is 0 Å². The molecular formula is C20H27N5O. The molecule has 26 heavy (non-hydrogen) atoms. The van der Waals surface area contributed by atoms with Crippen LogP contribution in [0.5, 0.6) is 0 Å². The number of nitrogens with zero attached hydrogens (tertiary/aromatic N) is 4. The second-order valence-electron chi connectivity index (χ2n) is 6.67. The molecule has 6 nitrogen and oxygen atoms in total. The molecule has 1 saturated heterocycles. The van der Waals surface area contributed by atoms with Crippen molar-refractivity contribution in [2.24, 2.45) is 0 Å². The molecule has 0 aliphatic carbocycles. The summed E-state index contributed by atoms with van der Waals surface area (Å²) in [6.07, 6.45) is 5.20. The number of rotatable bonds is 7. The Balaban J connectivity index is 1.29. The van der Waals surface area contributed by atoms with Gasteiger partial charge in [-0.2, -0.15) is 0 Å². The van der Waals surface area contributed by atoms with E-state index >= 15 is 0 Å². The summed E-state index contributed by atoms with van der Waals surface area (Å²) in [6, 6.07) is 10.6. The molecule has 6 heteroatoms. The Morgan fingerprint density at radius 3 is 2.50 bits per heavy atom. The minimum atomic E-state index is -0.144. The summed E-state index contributed by atoms with van der Waals surface area (Å²) < 4.78 is 0. The summed E-state index contributed by atoms with van der Waals surface area (Å²) in [7, 11) is 0. The molecule has 0 unspecified atom stereocenters. The van der Waals surface area contributed by atoms with Crippen molar-refractivity contribution in [3.8, 4) is 0 Å². The molecule has 1 aromatic carbocycles. The number of aryl methyl sites for hydroxylation is 1. The van der Waals surface area contributed by atoms with Crippen LogP contribution in [0.2, 0.25) is 0 Å². The summed E-state index contributed by atoms with van der Waals surface area (Å²) in [5, 5.41) is 2.92. The lowest BCUT2D eigenvalue weighted by Gasteiger charge is -2.36. The molecule has 0 radical (unpaired) electrons. The van der Waals surface area contributed by atoms with E-state index in [2.05, 4.69) is 55.4 Å². The number of benzene rings is 1. The fourth-order valence-corrected chi connectivity index (χ4v) is 3.13. The van der Waals surface area contributed by atoms with Crippen molar-refractivity contribution < 1.29 is 4.79 Å². The van der Waals surface area contributed by atoms with E-state index in [1.54, 1.807) is 6.20 Å². The minimum Gasteiger partial charge on any atom is -0.369 e. The fourth-order valence-electron chi connectivity index (χ4n) is 3.13. The van der Waals surface area contributed by atoms with Gasteiger partial charge in [-0.1, -0.05) is 18.2 Å². The lowest BCUT2D eigenvalue weighted by Crippen LogP contribution is -2.46. The first-order valence-corrected chi connectivity index (χ1v) is 9.31. The maximum atomic E-state index is 12.0. The average molecular weight is 353 g/mol. The number of para-hydroxylation sites is 1. The predicted octanol–water partition coefficient (Wildman–Crippen LogP) is 2.12. The van der Waals surface area contributed by atoms with Gasteiger partial charge in [0.15, 0.2) is 0 Å². The molecule has 1 N–H and O–H groups in total. The summed E-state index contributed by atoms with van der Waals surface area (Å²) in [5.74, 6) is -0.144. The second-order valence-corrected chi connectivity index (χ2v) is 6.67. The van der Waals surface area contributed by atoms with Crippen molar-refractivity contribution in [2.75, 3.05) is 44.2 Å². The first-order valence-electron chi connectivity index (χ1n) is 9.31. The van der Waals surface area contributed by atoms with Gasteiger partial charge in [-0.15, -0.1) is 0 Å². The van der Waals surface area contributed by atoms with Gasteiger partial charge < -0.3 is 10.2 Å². The number of unbranched alkanes of at least 4 members (excludes halogenated alkanes) is 1. The molecule has 1 aliphatic rings. The van der Waals surface area contributed by atoms with E-state index in [0.717, 1.165) is 51.3 Å². The van der Waals surface area contributed by atoms with Gasteiger partial charge in [0.05, 0.1) is 11.9 Å². The van der Waals surface area contributed by atoms with Crippen LogP contribution in [0.1, 0.15) is 29.0 Å². The predicted molar refractivity (Wildman–Crippen MR) is 103 cm³/mol. The summed E-state index contributed by atoms with van der Waals surface area (Å²) >= 11 is 0. The van der Waals surface area contributed by atoms with Crippen LogP contribution in [0.3, 0.4) is 0 Å². The molecular weight excluding hydrogens is 326 g/mol. The highest BCUT2D eigenvalue weighted by Gasteiger charge is 2.16. The number of hydrogen-bond acceptors (Lipinski definition) is 5. The second kappa shape index (κ2) is 9.29. The first-order chi connectivity index (χ1) is 12.7. The number of amides is 1. The maximum absolute atomic E-state index is 12.0. The largest absolute Gasteiger partial charge is 0.369 e. The topological polar surface area (TPSA) is 61.4 Å². The van der Waals surface area contributed by atoms with Crippen molar-refractivity contribution in [3.63, 3.8) is 0 Å². The number of hydrogen-bond donors (Lipinski definition) is 1. The number of nitrogens with one attached hydrogen (secondary N) is 1. The number of aromatic nitrogens is 2. The van der Waals surface area contributed by atoms with E-state index in [-0.39, 0.29) is 5.91 Å². The van der Waals surface area contributed by atoms with Crippen LogP contribution in [-0.2, 0) is 0 Å². The van der Waals surface area contributed by atoms with E-state index in [9.17, 15) is 4.79 Å². The van der Waals surface area contributed by atoms with Crippen LogP contribution in [0.15, 0.2) is 42.7 Å². The van der Waals surface area contributed by atoms with E-state index in [1.807, 2.05) is 6.92 Å². The Kier molecular flexibility index (Phi) is 6.55. The lowest BCUT2D eigenvalue weighted by molar-refractivity contribution is 0.0947. The zero-order valence-corrected chi connectivity index (χ0v) is 15.4. The van der Waals surface area contributed by atoms with Crippen LogP contribution in [0.25, 0.3) is 0 Å². The zero-order chi connectivity index (χ0) is 18.2. The van der Waals surface area contributed by atoms with Gasteiger partial charge in [0.2, 0.25) is 0 Å². The third-order valence-corrected chi connectivity index (χ3v) is 4.69. The molecule has 2 aromatic rings. The Labute approximate surface area is 155 Å². The molecule has 3 rings (SSSR count). The molecule has 0 spiro atoms. The SMILES string of the molecule is Cc1cnc(C(=O)NCCCCN2CCN(c3ccccc3)CC2)cn1. The van der Waals surface area contributed by atoms with Gasteiger partial charge in [0.25, 0.3) is 5.91 Å². The quantitative estimate of drug-likeness (QED) is 0.773. The molecule has 1 fully saturated rings. The molecule has 1 aromatic heterocycles. The number of carbonyl (C=O) groups is 1. The third kappa shape index (κ3) is 5.26. The minimum absolute atomic E-state index is 0.144. The monoisotopic (exact) mass is 353 g/mol. The maximum Gasteiger partial charge on any atom is 0.271 e. The summed E-state index contributed by atoms with van der Waals surface area (Å²) in [5.41, 5.74) is 2.51. The van der Waals surface area contributed by atoms with Crippen LogP contribution < -0.4 is 10.2 Å². The normalized spacial score (nSPS) is 15.0. The average Bonchev–Trinajstić information content (AvgIpc) is 2.69. The van der Waals surface area contributed by atoms with E-state index in [1.165, 1.54) is 11.9 Å². The van der Waals surface area contributed by atoms with Crippen molar-refractivity contribution in [2.45, 2.75) is 19.8 Å². The smallest absolute Gasteiger partial charge is 0.271 e. The number of anilines is 1. The van der Waals surface area contributed by atoms with Crippen molar-refractivity contribution >= 4 is 11.6 Å². The molecule has 0 bridgehead atoms. The van der Waals surface area contributed by atoms with Crippen molar-refractivity contribution in [1.82, 2.24) is 20.2 Å². The highest BCUT2D eigenvalue weighted by Crippen LogP contribution is 2.15. The Bertz CT molecular complexity index is 681. The fraction of sp³-hybridized carbons (Fsp3) is 0.450. The molecule has 0 saturated carbocycles. The first kappa shape index (κ1) is 18.3. The van der Waals surface area contributed by atoms with E-state index in [0.29, 0.717) is 12.2 Å². The molecule has 1 aliphatic heterocycles. The Morgan fingerprint density at radius 1 is 1.04 bits per heavy atom. The van der Waals surface area contributed by atoms with Gasteiger partial charge in [0, 0.05) is 44.6 Å². The molecule has 2 heterocycles. The van der Waals surface area contributed by atoms with Gasteiger partial charge in [0.1, 0.15) is 5.69 Å².